The quantitative estimate of drug-likeness (QED) is 0.783. The molecule has 1 saturated carbocycles. The Morgan fingerprint density at radius 3 is 2.79 bits per heavy atom. The first-order chi connectivity index (χ1) is 9.16. The fourth-order valence-corrected chi connectivity index (χ4v) is 2.28. The molecule has 1 aliphatic carbocycles. The minimum Gasteiger partial charge on any atom is -0.489 e. The minimum atomic E-state index is 0.0928. The van der Waals surface area contributed by atoms with Crippen LogP contribution in [0, 0.1) is 5.92 Å². The number of Topliss-reactive ketones (excluding diaryl/α,β-unsaturated/α-hetero) is 1. The Hall–Kier alpha value is -1.90. The molecule has 3 rings (SSSR count). The van der Waals surface area contributed by atoms with E-state index in [0.29, 0.717) is 0 Å². The monoisotopic (exact) mass is 255 g/mol. The zero-order valence-electron chi connectivity index (χ0n) is 11.2. The number of fused-ring (bicyclic) bond motifs is 1. The van der Waals surface area contributed by atoms with Crippen LogP contribution in [-0.2, 0) is 0 Å². The van der Waals surface area contributed by atoms with E-state index in [9.17, 15) is 4.79 Å². The van der Waals surface area contributed by atoms with Crippen LogP contribution in [0.15, 0.2) is 30.5 Å². The first-order valence-corrected chi connectivity index (χ1v) is 6.75. The van der Waals surface area contributed by atoms with Crippen LogP contribution in [-0.4, -0.2) is 16.9 Å². The molecule has 1 aliphatic rings. The number of benzene rings is 1. The molecule has 0 aliphatic heterocycles. The SMILES string of the molecule is CC(C)Oc1ccc(C(=O)C2CC2)c2cccnc12. The molecule has 0 atom stereocenters. The summed E-state index contributed by atoms with van der Waals surface area (Å²) >= 11 is 0. The largest absolute Gasteiger partial charge is 0.489 e. The molecule has 2 aromatic rings. The van der Waals surface area contributed by atoms with Crippen LogP contribution < -0.4 is 4.74 Å². The molecule has 3 nitrogen and oxygen atoms in total. The van der Waals surface area contributed by atoms with Crippen molar-refractivity contribution in [2.75, 3.05) is 0 Å². The topological polar surface area (TPSA) is 39.2 Å². The fourth-order valence-electron chi connectivity index (χ4n) is 2.28. The predicted molar refractivity (Wildman–Crippen MR) is 74.6 cm³/mol. The number of ketones is 1. The van der Waals surface area contributed by atoms with Gasteiger partial charge in [0.25, 0.3) is 0 Å². The molecule has 1 fully saturated rings. The minimum absolute atomic E-state index is 0.0928. The standard InChI is InChI=1S/C16H17NO2/c1-10(2)19-14-8-7-13(16(18)11-5-6-11)12-4-3-9-17-15(12)14/h3-4,7-11H,5-6H2,1-2H3. The maximum atomic E-state index is 12.3. The Labute approximate surface area is 112 Å². The Balaban J connectivity index is 2.12. The van der Waals surface area contributed by atoms with Gasteiger partial charge in [0.2, 0.25) is 0 Å². The summed E-state index contributed by atoms with van der Waals surface area (Å²) in [6, 6.07) is 7.56. The van der Waals surface area contributed by atoms with Crippen molar-refractivity contribution in [3.63, 3.8) is 0 Å². The molecule has 98 valence electrons. The fraction of sp³-hybridized carbons (Fsp3) is 0.375. The number of hydrogen-bond acceptors (Lipinski definition) is 3. The lowest BCUT2D eigenvalue weighted by molar-refractivity contribution is 0.0969. The Kier molecular flexibility index (Phi) is 2.97. The second-order valence-corrected chi connectivity index (χ2v) is 5.32. The molecule has 0 radical (unpaired) electrons. The van der Waals surface area contributed by atoms with Gasteiger partial charge in [0, 0.05) is 23.1 Å². The lowest BCUT2D eigenvalue weighted by Gasteiger charge is -2.13. The summed E-state index contributed by atoms with van der Waals surface area (Å²) in [6.45, 7) is 3.97. The highest BCUT2D eigenvalue weighted by Gasteiger charge is 2.31. The van der Waals surface area contributed by atoms with Gasteiger partial charge in [0.05, 0.1) is 6.10 Å². The van der Waals surface area contributed by atoms with Crippen molar-refractivity contribution in [3.8, 4) is 5.75 Å². The van der Waals surface area contributed by atoms with Gasteiger partial charge in [0.1, 0.15) is 11.3 Å². The van der Waals surface area contributed by atoms with Crippen LogP contribution in [0.4, 0.5) is 0 Å². The van der Waals surface area contributed by atoms with E-state index < -0.39 is 0 Å². The molecule has 0 unspecified atom stereocenters. The van der Waals surface area contributed by atoms with E-state index in [4.69, 9.17) is 4.74 Å². The second-order valence-electron chi connectivity index (χ2n) is 5.32. The first-order valence-electron chi connectivity index (χ1n) is 6.75. The van der Waals surface area contributed by atoms with Crippen molar-refractivity contribution < 1.29 is 9.53 Å². The molecule has 1 aromatic heterocycles. The van der Waals surface area contributed by atoms with Gasteiger partial charge < -0.3 is 4.74 Å². The normalized spacial score (nSPS) is 14.9. The predicted octanol–water partition coefficient (Wildman–Crippen LogP) is 3.61. The third-order valence-electron chi connectivity index (χ3n) is 3.31. The molecule has 3 heteroatoms. The number of carbonyl (C=O) groups is 1. The highest BCUT2D eigenvalue weighted by atomic mass is 16.5. The average Bonchev–Trinajstić information content (AvgIpc) is 3.22. The van der Waals surface area contributed by atoms with E-state index in [1.807, 2.05) is 38.1 Å². The molecular weight excluding hydrogens is 238 g/mol. The van der Waals surface area contributed by atoms with E-state index >= 15 is 0 Å². The maximum Gasteiger partial charge on any atom is 0.166 e. The van der Waals surface area contributed by atoms with Crippen molar-refractivity contribution in [3.05, 3.63) is 36.0 Å². The van der Waals surface area contributed by atoms with E-state index in [0.717, 1.165) is 35.1 Å². The van der Waals surface area contributed by atoms with Crippen molar-refractivity contribution in [2.24, 2.45) is 5.92 Å². The molecule has 1 aromatic carbocycles. The van der Waals surface area contributed by atoms with E-state index in [2.05, 4.69) is 4.98 Å². The lowest BCUT2D eigenvalue weighted by Crippen LogP contribution is -2.08. The molecule has 0 amide bonds. The summed E-state index contributed by atoms with van der Waals surface area (Å²) in [5, 5.41) is 0.901. The third kappa shape index (κ3) is 2.33. The number of pyridine rings is 1. The van der Waals surface area contributed by atoms with Crippen molar-refractivity contribution in [1.82, 2.24) is 4.98 Å². The zero-order chi connectivity index (χ0) is 13.4. The van der Waals surface area contributed by atoms with Gasteiger partial charge in [-0.3, -0.25) is 9.78 Å². The van der Waals surface area contributed by atoms with E-state index in [1.54, 1.807) is 6.20 Å². The van der Waals surface area contributed by atoms with Gasteiger partial charge in [-0.05, 0) is 44.9 Å². The van der Waals surface area contributed by atoms with Gasteiger partial charge in [-0.1, -0.05) is 6.07 Å². The average molecular weight is 255 g/mol. The van der Waals surface area contributed by atoms with Gasteiger partial charge in [0.15, 0.2) is 5.78 Å². The lowest BCUT2D eigenvalue weighted by atomic mass is 10.0. The summed E-state index contributed by atoms with van der Waals surface area (Å²) in [6.07, 6.45) is 3.87. The third-order valence-corrected chi connectivity index (χ3v) is 3.31. The molecule has 19 heavy (non-hydrogen) atoms. The summed E-state index contributed by atoms with van der Waals surface area (Å²) in [4.78, 5) is 16.7. The van der Waals surface area contributed by atoms with Gasteiger partial charge in [-0.2, -0.15) is 0 Å². The highest BCUT2D eigenvalue weighted by molar-refractivity contribution is 6.10. The first kappa shape index (κ1) is 12.2. The van der Waals surface area contributed by atoms with E-state index in [1.165, 1.54) is 0 Å². The van der Waals surface area contributed by atoms with Crippen LogP contribution >= 0.6 is 0 Å². The van der Waals surface area contributed by atoms with Gasteiger partial charge in [-0.25, -0.2) is 0 Å². The van der Waals surface area contributed by atoms with Crippen LogP contribution in [0.1, 0.15) is 37.0 Å². The van der Waals surface area contributed by atoms with Crippen LogP contribution in [0.2, 0.25) is 0 Å². The number of ether oxygens (including phenoxy) is 1. The van der Waals surface area contributed by atoms with Crippen LogP contribution in [0.3, 0.4) is 0 Å². The summed E-state index contributed by atoms with van der Waals surface area (Å²) in [5.41, 5.74) is 1.56. The molecule has 1 heterocycles. The highest BCUT2D eigenvalue weighted by Crippen LogP contribution is 2.36. The van der Waals surface area contributed by atoms with Crippen molar-refractivity contribution in [2.45, 2.75) is 32.8 Å². The summed E-state index contributed by atoms with van der Waals surface area (Å²) in [5.74, 6) is 1.22. The number of carbonyl (C=O) groups excluding carboxylic acids is 1. The number of hydrogen-bond donors (Lipinski definition) is 0. The van der Waals surface area contributed by atoms with Gasteiger partial charge >= 0.3 is 0 Å². The van der Waals surface area contributed by atoms with Crippen LogP contribution in [0.25, 0.3) is 10.9 Å². The second kappa shape index (κ2) is 4.65. The van der Waals surface area contributed by atoms with Crippen molar-refractivity contribution >= 4 is 16.7 Å². The Morgan fingerprint density at radius 2 is 2.11 bits per heavy atom. The Bertz CT molecular complexity index is 630. The molecule has 0 spiro atoms. The molecular formula is C16H17NO2. The Morgan fingerprint density at radius 1 is 1.32 bits per heavy atom. The number of nitrogens with zero attached hydrogens (tertiary/aromatic N) is 1. The maximum absolute atomic E-state index is 12.3. The molecule has 0 N–H and O–H groups in total. The molecule has 0 saturated heterocycles. The van der Waals surface area contributed by atoms with E-state index in [-0.39, 0.29) is 17.8 Å². The smallest absolute Gasteiger partial charge is 0.166 e. The summed E-state index contributed by atoms with van der Waals surface area (Å²) < 4.78 is 5.76. The van der Waals surface area contributed by atoms with Crippen LogP contribution in [0.5, 0.6) is 5.75 Å². The zero-order valence-corrected chi connectivity index (χ0v) is 11.2. The number of rotatable bonds is 4. The van der Waals surface area contributed by atoms with Gasteiger partial charge in [-0.15, -0.1) is 0 Å². The summed E-state index contributed by atoms with van der Waals surface area (Å²) in [7, 11) is 0. The van der Waals surface area contributed by atoms with Crippen molar-refractivity contribution in [1.29, 1.82) is 0 Å². The molecule has 0 bridgehead atoms. The number of aromatic nitrogens is 1.